The van der Waals surface area contributed by atoms with Gasteiger partial charge in [0.15, 0.2) is 5.65 Å². The topological polar surface area (TPSA) is 60.0 Å². The maximum atomic E-state index is 5.86. The zero-order valence-electron chi connectivity index (χ0n) is 11.5. The van der Waals surface area contributed by atoms with E-state index in [2.05, 4.69) is 15.0 Å². The Bertz CT molecular complexity index is 746. The molecule has 1 unspecified atom stereocenters. The van der Waals surface area contributed by atoms with E-state index in [-0.39, 0.29) is 6.10 Å². The lowest BCUT2D eigenvalue weighted by atomic mass is 10.1. The number of aromatic amines is 1. The fourth-order valence-corrected chi connectivity index (χ4v) is 2.47. The molecule has 0 aliphatic carbocycles. The van der Waals surface area contributed by atoms with Crippen molar-refractivity contribution in [3.05, 3.63) is 42.7 Å². The Morgan fingerprint density at radius 3 is 2.90 bits per heavy atom. The third-order valence-corrected chi connectivity index (χ3v) is 3.60. The first-order chi connectivity index (χ1) is 10.4. The lowest BCUT2D eigenvalue weighted by molar-refractivity contribution is 0.141. The fourth-order valence-electron chi connectivity index (χ4n) is 2.47. The molecule has 0 saturated carbocycles. The molecular weight excluding hydrogens is 266 g/mol. The van der Waals surface area contributed by atoms with Gasteiger partial charge < -0.3 is 14.5 Å². The van der Waals surface area contributed by atoms with Crippen LogP contribution >= 0.6 is 0 Å². The van der Waals surface area contributed by atoms with Gasteiger partial charge in [0.2, 0.25) is 0 Å². The number of nitrogens with one attached hydrogen (secondary N) is 1. The van der Waals surface area contributed by atoms with Gasteiger partial charge in [0.05, 0.1) is 25.1 Å². The molecule has 3 aromatic rings. The molecule has 21 heavy (non-hydrogen) atoms. The van der Waals surface area contributed by atoms with Gasteiger partial charge >= 0.3 is 0 Å². The number of H-pyrrole nitrogens is 1. The Kier molecular flexibility index (Phi) is 3.05. The molecule has 1 aliphatic heterocycles. The average Bonchev–Trinajstić information content (AvgIpc) is 3.18. The number of aromatic nitrogens is 3. The summed E-state index contributed by atoms with van der Waals surface area (Å²) in [7, 11) is 0. The summed E-state index contributed by atoms with van der Waals surface area (Å²) in [6.07, 6.45) is 4.75. The van der Waals surface area contributed by atoms with Gasteiger partial charge in [-0.25, -0.2) is 9.97 Å². The highest BCUT2D eigenvalue weighted by Gasteiger charge is 2.17. The van der Waals surface area contributed by atoms with Gasteiger partial charge in [0, 0.05) is 18.2 Å². The molecule has 3 heterocycles. The summed E-state index contributed by atoms with van der Waals surface area (Å²) < 4.78 is 11.2. The summed E-state index contributed by atoms with van der Waals surface area (Å²) in [6, 6.07) is 9.87. The lowest BCUT2D eigenvalue weighted by Gasteiger charge is -2.11. The van der Waals surface area contributed by atoms with Crippen molar-refractivity contribution in [2.75, 3.05) is 13.2 Å². The van der Waals surface area contributed by atoms with Gasteiger partial charge in [-0.05, 0) is 30.3 Å². The molecule has 1 atom stereocenters. The van der Waals surface area contributed by atoms with Crippen LogP contribution in [0.2, 0.25) is 0 Å². The Balaban J connectivity index is 1.57. The molecule has 2 aromatic heterocycles. The molecule has 0 amide bonds. The summed E-state index contributed by atoms with van der Waals surface area (Å²) in [4.78, 5) is 12.0. The van der Waals surface area contributed by atoms with E-state index >= 15 is 0 Å². The van der Waals surface area contributed by atoms with Crippen LogP contribution in [0.25, 0.3) is 22.4 Å². The average molecular weight is 281 g/mol. The summed E-state index contributed by atoms with van der Waals surface area (Å²) in [6.45, 7) is 1.46. The second-order valence-corrected chi connectivity index (χ2v) is 5.09. The van der Waals surface area contributed by atoms with Crippen LogP contribution in [0.1, 0.15) is 6.42 Å². The smallest absolute Gasteiger partial charge is 0.156 e. The fraction of sp³-hybridized carbons (Fsp3) is 0.250. The van der Waals surface area contributed by atoms with E-state index in [0.29, 0.717) is 6.61 Å². The first kappa shape index (κ1) is 12.3. The normalized spacial score (nSPS) is 18.2. The summed E-state index contributed by atoms with van der Waals surface area (Å²) in [5, 5.41) is 0. The van der Waals surface area contributed by atoms with Crippen molar-refractivity contribution in [3.63, 3.8) is 0 Å². The van der Waals surface area contributed by atoms with E-state index in [1.807, 2.05) is 36.5 Å². The third-order valence-electron chi connectivity index (χ3n) is 3.60. The molecule has 0 spiro atoms. The molecule has 1 fully saturated rings. The van der Waals surface area contributed by atoms with Gasteiger partial charge in [0.1, 0.15) is 17.4 Å². The first-order valence-electron chi connectivity index (χ1n) is 7.03. The Morgan fingerprint density at radius 1 is 1.19 bits per heavy atom. The molecule has 1 N–H and O–H groups in total. The maximum Gasteiger partial charge on any atom is 0.156 e. The van der Waals surface area contributed by atoms with E-state index in [0.717, 1.165) is 41.2 Å². The molecule has 1 aromatic carbocycles. The molecule has 5 heteroatoms. The minimum atomic E-state index is 0.173. The quantitative estimate of drug-likeness (QED) is 0.802. The molecular formula is C16H15N3O2. The van der Waals surface area contributed by atoms with Crippen LogP contribution < -0.4 is 4.74 Å². The minimum absolute atomic E-state index is 0.173. The van der Waals surface area contributed by atoms with E-state index in [1.165, 1.54) is 0 Å². The number of fused-ring (bicyclic) bond motifs is 1. The molecule has 0 radical (unpaired) electrons. The zero-order chi connectivity index (χ0) is 14.1. The molecule has 106 valence electrons. The predicted octanol–water partition coefficient (Wildman–Crippen LogP) is 2.79. The molecule has 0 bridgehead atoms. The summed E-state index contributed by atoms with van der Waals surface area (Å²) in [5.41, 5.74) is 3.56. The molecule has 4 rings (SSSR count). The largest absolute Gasteiger partial charge is 0.488 e. The van der Waals surface area contributed by atoms with Gasteiger partial charge in [-0.15, -0.1) is 0 Å². The zero-order valence-corrected chi connectivity index (χ0v) is 11.5. The standard InChI is InChI=1S/C16H15N3O2/c1-3-12(21-13-6-8-20-10-13)4-2-11(1)15-9-18-16-14(19-15)5-7-17-16/h1-5,7,9,13H,6,8,10H2,(H,17,18). The highest BCUT2D eigenvalue weighted by atomic mass is 16.5. The van der Waals surface area contributed by atoms with Crippen LogP contribution in [0.15, 0.2) is 42.7 Å². The first-order valence-corrected chi connectivity index (χ1v) is 7.03. The Morgan fingerprint density at radius 2 is 2.10 bits per heavy atom. The van der Waals surface area contributed by atoms with Crippen molar-refractivity contribution >= 4 is 11.2 Å². The highest BCUT2D eigenvalue weighted by molar-refractivity contribution is 5.74. The van der Waals surface area contributed by atoms with Crippen molar-refractivity contribution in [1.29, 1.82) is 0 Å². The molecule has 5 nitrogen and oxygen atoms in total. The molecule has 1 aliphatic rings. The maximum absolute atomic E-state index is 5.86. The van der Waals surface area contributed by atoms with Crippen molar-refractivity contribution in [3.8, 4) is 17.0 Å². The van der Waals surface area contributed by atoms with Crippen LogP contribution in [0.3, 0.4) is 0 Å². The minimum Gasteiger partial charge on any atom is -0.488 e. The second kappa shape index (κ2) is 5.18. The number of ether oxygens (including phenoxy) is 2. The van der Waals surface area contributed by atoms with Crippen molar-refractivity contribution in [2.24, 2.45) is 0 Å². The van der Waals surface area contributed by atoms with E-state index in [9.17, 15) is 0 Å². The van der Waals surface area contributed by atoms with Crippen LogP contribution in [0, 0.1) is 0 Å². The van der Waals surface area contributed by atoms with E-state index in [1.54, 1.807) is 6.20 Å². The van der Waals surface area contributed by atoms with E-state index < -0.39 is 0 Å². The third kappa shape index (κ3) is 2.48. The molecule has 1 saturated heterocycles. The number of benzene rings is 1. The van der Waals surface area contributed by atoms with Crippen LogP contribution in [0.4, 0.5) is 0 Å². The number of rotatable bonds is 3. The highest BCUT2D eigenvalue weighted by Crippen LogP contribution is 2.23. The van der Waals surface area contributed by atoms with Crippen molar-refractivity contribution < 1.29 is 9.47 Å². The van der Waals surface area contributed by atoms with E-state index in [4.69, 9.17) is 9.47 Å². The van der Waals surface area contributed by atoms with Crippen LogP contribution in [-0.2, 0) is 4.74 Å². The summed E-state index contributed by atoms with van der Waals surface area (Å²) >= 11 is 0. The van der Waals surface area contributed by atoms with Crippen LogP contribution in [0.5, 0.6) is 5.75 Å². The number of nitrogens with zero attached hydrogens (tertiary/aromatic N) is 2. The number of hydrogen-bond acceptors (Lipinski definition) is 4. The van der Waals surface area contributed by atoms with Crippen molar-refractivity contribution in [2.45, 2.75) is 12.5 Å². The predicted molar refractivity (Wildman–Crippen MR) is 79.2 cm³/mol. The number of hydrogen-bond donors (Lipinski definition) is 1. The lowest BCUT2D eigenvalue weighted by Crippen LogP contribution is -2.15. The van der Waals surface area contributed by atoms with Crippen LogP contribution in [-0.4, -0.2) is 34.3 Å². The van der Waals surface area contributed by atoms with Gasteiger partial charge in [-0.3, -0.25) is 0 Å². The monoisotopic (exact) mass is 281 g/mol. The Hall–Kier alpha value is -2.40. The summed E-state index contributed by atoms with van der Waals surface area (Å²) in [5.74, 6) is 0.866. The van der Waals surface area contributed by atoms with Gasteiger partial charge in [-0.2, -0.15) is 0 Å². The van der Waals surface area contributed by atoms with Gasteiger partial charge in [0.25, 0.3) is 0 Å². The van der Waals surface area contributed by atoms with Gasteiger partial charge in [-0.1, -0.05) is 0 Å². The second-order valence-electron chi connectivity index (χ2n) is 5.09. The SMILES string of the molecule is c1cc2nc(-c3ccc(OC4CCOC4)cc3)cnc2[nH]1. The van der Waals surface area contributed by atoms with Crippen molar-refractivity contribution in [1.82, 2.24) is 15.0 Å². The Labute approximate surface area is 121 Å².